The Morgan fingerprint density at radius 1 is 0.978 bits per heavy atom. The second kappa shape index (κ2) is 19.0. The minimum Gasteiger partial charge on any atom is -0.481 e. The number of carboxylic acid groups (broad SMARTS) is 2. The number of carboxylic acids is 2. The molecule has 19 heteroatoms. The highest BCUT2D eigenvalue weighted by atomic mass is 16.4. The molecule has 0 unspecified atom stereocenters. The predicted molar refractivity (Wildman–Crippen MR) is 158 cm³/mol. The van der Waals surface area contributed by atoms with E-state index in [9.17, 15) is 43.8 Å². The van der Waals surface area contributed by atoms with Crippen LogP contribution in [0.4, 0.5) is 0 Å². The topological polar surface area (TPSA) is 312 Å². The Labute approximate surface area is 264 Å². The van der Waals surface area contributed by atoms with E-state index in [2.05, 4.69) is 31.2 Å². The van der Waals surface area contributed by atoms with Crippen molar-refractivity contribution >= 4 is 41.5 Å². The van der Waals surface area contributed by atoms with Gasteiger partial charge < -0.3 is 57.9 Å². The normalized spacial score (nSPS) is 16.8. The zero-order valence-corrected chi connectivity index (χ0v) is 25.3. The van der Waals surface area contributed by atoms with Gasteiger partial charge in [0.2, 0.25) is 29.5 Å². The maximum Gasteiger partial charge on any atom is 0.326 e. The van der Waals surface area contributed by atoms with Crippen molar-refractivity contribution in [2.24, 2.45) is 11.5 Å². The van der Waals surface area contributed by atoms with Gasteiger partial charge in [0.15, 0.2) is 0 Å². The van der Waals surface area contributed by atoms with Gasteiger partial charge in [0.25, 0.3) is 0 Å². The number of imidazole rings is 1. The lowest BCUT2D eigenvalue weighted by atomic mass is 10.1. The zero-order chi connectivity index (χ0) is 34.2. The maximum atomic E-state index is 13.5. The number of likely N-dealkylation sites (tertiary alicyclic amines) is 1. The van der Waals surface area contributed by atoms with Crippen molar-refractivity contribution in [3.05, 3.63) is 18.2 Å². The number of amides is 5. The van der Waals surface area contributed by atoms with Gasteiger partial charge in [-0.3, -0.25) is 28.8 Å². The quantitative estimate of drug-likeness (QED) is 0.0599. The number of nitrogens with one attached hydrogen (secondary N) is 5. The van der Waals surface area contributed by atoms with Crippen molar-refractivity contribution in [3.63, 3.8) is 0 Å². The van der Waals surface area contributed by atoms with Gasteiger partial charge in [0.05, 0.1) is 25.5 Å². The highest BCUT2D eigenvalue weighted by molar-refractivity contribution is 5.95. The second-order valence-electron chi connectivity index (χ2n) is 10.8. The molecule has 2 heterocycles. The molecule has 0 radical (unpaired) electrons. The van der Waals surface area contributed by atoms with E-state index in [4.69, 9.17) is 16.6 Å². The van der Waals surface area contributed by atoms with E-state index >= 15 is 0 Å². The van der Waals surface area contributed by atoms with Gasteiger partial charge >= 0.3 is 11.9 Å². The van der Waals surface area contributed by atoms with Crippen LogP contribution in [0, 0.1) is 0 Å². The molecule has 0 spiro atoms. The van der Waals surface area contributed by atoms with E-state index in [0.29, 0.717) is 31.5 Å². The van der Waals surface area contributed by atoms with Crippen molar-refractivity contribution in [3.8, 4) is 0 Å². The summed E-state index contributed by atoms with van der Waals surface area (Å²) in [5.74, 6) is -6.28. The van der Waals surface area contributed by atoms with Gasteiger partial charge in [-0.15, -0.1) is 0 Å². The first kappa shape index (κ1) is 37.6. The van der Waals surface area contributed by atoms with Crippen LogP contribution in [0.1, 0.15) is 50.6 Å². The minimum atomic E-state index is -1.50. The van der Waals surface area contributed by atoms with E-state index in [1.807, 2.05) is 0 Å². The van der Waals surface area contributed by atoms with Gasteiger partial charge in [-0.25, -0.2) is 9.78 Å². The molecule has 1 fully saturated rings. The number of aromatic amines is 1. The van der Waals surface area contributed by atoms with Crippen LogP contribution in [0.3, 0.4) is 0 Å². The summed E-state index contributed by atoms with van der Waals surface area (Å²) in [4.78, 5) is 94.7. The monoisotopic (exact) mass is 653 g/mol. The molecule has 1 aliphatic heterocycles. The van der Waals surface area contributed by atoms with Crippen LogP contribution in [0.25, 0.3) is 0 Å². The number of carbonyl (C=O) groups excluding carboxylic acids is 5. The average Bonchev–Trinajstić information content (AvgIpc) is 3.73. The number of aliphatic hydroxyl groups excluding tert-OH is 1. The summed E-state index contributed by atoms with van der Waals surface area (Å²) < 4.78 is 0. The van der Waals surface area contributed by atoms with E-state index in [0.717, 1.165) is 0 Å². The van der Waals surface area contributed by atoms with Gasteiger partial charge in [-0.1, -0.05) is 0 Å². The fourth-order valence-corrected chi connectivity index (χ4v) is 4.75. The Hall–Kier alpha value is -4.62. The van der Waals surface area contributed by atoms with E-state index in [-0.39, 0.29) is 38.6 Å². The molecule has 1 saturated heterocycles. The molecule has 12 N–H and O–H groups in total. The van der Waals surface area contributed by atoms with Crippen LogP contribution in [-0.4, -0.2) is 128 Å². The third kappa shape index (κ3) is 12.1. The Morgan fingerprint density at radius 2 is 1.70 bits per heavy atom. The number of aliphatic hydroxyl groups is 1. The van der Waals surface area contributed by atoms with Gasteiger partial charge in [-0.05, 0) is 45.1 Å². The lowest BCUT2D eigenvalue weighted by molar-refractivity contribution is -0.149. The summed E-state index contributed by atoms with van der Waals surface area (Å²) >= 11 is 0. The van der Waals surface area contributed by atoms with Crippen LogP contribution in [0.2, 0.25) is 0 Å². The number of nitrogens with zero attached hydrogens (tertiary/aromatic N) is 2. The number of hydrogen-bond acceptors (Lipinski definition) is 11. The fourth-order valence-electron chi connectivity index (χ4n) is 4.75. The van der Waals surface area contributed by atoms with Crippen molar-refractivity contribution in [1.29, 1.82) is 0 Å². The first-order chi connectivity index (χ1) is 21.9. The van der Waals surface area contributed by atoms with E-state index in [1.54, 1.807) is 0 Å². The van der Waals surface area contributed by atoms with Gasteiger partial charge in [-0.2, -0.15) is 0 Å². The number of hydrogen-bond donors (Lipinski definition) is 10. The lowest BCUT2D eigenvalue weighted by Crippen LogP contribution is -2.57. The van der Waals surface area contributed by atoms with Crippen molar-refractivity contribution in [2.45, 2.75) is 81.6 Å². The molecule has 256 valence electrons. The Balaban J connectivity index is 2.08. The van der Waals surface area contributed by atoms with E-state index < -0.39 is 84.8 Å². The summed E-state index contributed by atoms with van der Waals surface area (Å²) in [6, 6.07) is -6.12. The number of carbonyl (C=O) groups is 7. The molecule has 5 amide bonds. The molecule has 0 bridgehead atoms. The molecule has 1 aromatic heterocycles. The van der Waals surface area contributed by atoms with Crippen LogP contribution < -0.4 is 32.7 Å². The van der Waals surface area contributed by atoms with Crippen LogP contribution in [0.15, 0.2) is 12.5 Å². The molecular formula is C27H43N9O10. The zero-order valence-electron chi connectivity index (χ0n) is 25.3. The maximum absolute atomic E-state index is 13.5. The van der Waals surface area contributed by atoms with Crippen LogP contribution in [-0.2, 0) is 40.0 Å². The fraction of sp³-hybridized carbons (Fsp3) is 0.630. The van der Waals surface area contributed by atoms with E-state index in [1.165, 1.54) is 17.4 Å². The Morgan fingerprint density at radius 3 is 2.30 bits per heavy atom. The Bertz CT molecular complexity index is 1210. The van der Waals surface area contributed by atoms with Crippen LogP contribution in [0.5, 0.6) is 0 Å². The molecular weight excluding hydrogens is 610 g/mol. The lowest BCUT2D eigenvalue weighted by Gasteiger charge is -2.29. The Kier molecular flexibility index (Phi) is 15.5. The number of H-pyrrole nitrogens is 1. The summed E-state index contributed by atoms with van der Waals surface area (Å²) in [6.07, 6.45) is 4.09. The standard InChI is InChI=1S/C27H43N9O10/c28-8-2-1-4-17(26(44)36-9-3-5-20(36)27(45)46)34-25(43)18(10-15-11-30-14-32-15)33-21(38)12-31-24(42)19(13-37)35-23(41)16(29)6-7-22(39)40/h11,14,16-20,37H,1-10,12-13,28-29H2,(H,30,32)(H,31,42)(H,33,38)(H,34,43)(H,35,41)(H,39,40)(H,45,46)/t16-,17-,18-,19-,20-/m0/s1. The molecule has 19 nitrogen and oxygen atoms in total. The number of unbranched alkanes of at least 4 members (excludes halogenated alkanes) is 1. The summed E-state index contributed by atoms with van der Waals surface area (Å²) in [7, 11) is 0. The van der Waals surface area contributed by atoms with Gasteiger partial charge in [0, 0.05) is 31.3 Å². The second-order valence-corrected chi connectivity index (χ2v) is 10.8. The molecule has 1 aromatic rings. The molecule has 0 saturated carbocycles. The molecule has 0 aliphatic carbocycles. The van der Waals surface area contributed by atoms with Crippen LogP contribution >= 0.6 is 0 Å². The van der Waals surface area contributed by atoms with Crippen molar-refractivity contribution in [1.82, 2.24) is 36.1 Å². The average molecular weight is 654 g/mol. The van der Waals surface area contributed by atoms with Crippen molar-refractivity contribution in [2.75, 3.05) is 26.2 Å². The molecule has 1 aliphatic rings. The third-order valence-corrected chi connectivity index (χ3v) is 7.26. The number of nitrogens with two attached hydrogens (primary N) is 2. The molecule has 2 rings (SSSR count). The summed E-state index contributed by atoms with van der Waals surface area (Å²) in [5.41, 5.74) is 11.7. The first-order valence-corrected chi connectivity index (χ1v) is 14.8. The summed E-state index contributed by atoms with van der Waals surface area (Å²) in [6.45, 7) is -0.958. The highest BCUT2D eigenvalue weighted by Crippen LogP contribution is 2.20. The van der Waals surface area contributed by atoms with Crippen molar-refractivity contribution < 1.29 is 48.9 Å². The molecule has 46 heavy (non-hydrogen) atoms. The first-order valence-electron chi connectivity index (χ1n) is 14.8. The molecule has 0 aromatic carbocycles. The minimum absolute atomic E-state index is 0.0831. The number of rotatable bonds is 20. The third-order valence-electron chi connectivity index (χ3n) is 7.26. The summed E-state index contributed by atoms with van der Waals surface area (Å²) in [5, 5.41) is 37.4. The largest absolute Gasteiger partial charge is 0.481 e. The SMILES string of the molecule is NCCCC[C@H](NC(=O)[C@H](Cc1cnc[nH]1)NC(=O)CNC(=O)[C@H](CO)NC(=O)[C@@H](N)CCC(=O)O)C(=O)N1CCC[C@H]1C(=O)O. The predicted octanol–water partition coefficient (Wildman–Crippen LogP) is -4.09. The number of aliphatic carboxylic acids is 2. The number of aromatic nitrogens is 2. The smallest absolute Gasteiger partial charge is 0.326 e. The van der Waals surface area contributed by atoms with Gasteiger partial charge in [0.1, 0.15) is 24.2 Å². The molecule has 5 atom stereocenters. The highest BCUT2D eigenvalue weighted by Gasteiger charge is 2.38.